The molecule has 0 aromatic carbocycles. The standard InChI is InChI=1S/C11H7ClN4/c12-9-4-1-5-10-14-15-11(16(9)10)8-3-2-6-13-7-8/h1-7H. The van der Waals surface area contributed by atoms with Crippen molar-refractivity contribution in [3.05, 3.63) is 47.9 Å². The Hall–Kier alpha value is -1.94. The molecule has 0 unspecified atom stereocenters. The van der Waals surface area contributed by atoms with E-state index in [4.69, 9.17) is 11.6 Å². The van der Waals surface area contributed by atoms with Crippen LogP contribution in [0.15, 0.2) is 42.7 Å². The van der Waals surface area contributed by atoms with E-state index in [1.54, 1.807) is 22.9 Å². The van der Waals surface area contributed by atoms with Crippen molar-refractivity contribution in [2.45, 2.75) is 0 Å². The summed E-state index contributed by atoms with van der Waals surface area (Å²) >= 11 is 6.12. The van der Waals surface area contributed by atoms with Gasteiger partial charge in [0.25, 0.3) is 0 Å². The van der Waals surface area contributed by atoms with E-state index < -0.39 is 0 Å². The average molecular weight is 231 g/mol. The smallest absolute Gasteiger partial charge is 0.171 e. The third-order valence-electron chi connectivity index (χ3n) is 2.30. The van der Waals surface area contributed by atoms with Gasteiger partial charge in [-0.3, -0.25) is 9.38 Å². The van der Waals surface area contributed by atoms with Gasteiger partial charge in [-0.2, -0.15) is 0 Å². The van der Waals surface area contributed by atoms with Crippen LogP contribution >= 0.6 is 11.6 Å². The van der Waals surface area contributed by atoms with Gasteiger partial charge in [-0.15, -0.1) is 10.2 Å². The van der Waals surface area contributed by atoms with E-state index in [2.05, 4.69) is 15.2 Å². The maximum absolute atomic E-state index is 6.12. The lowest BCUT2D eigenvalue weighted by atomic mass is 10.3. The van der Waals surface area contributed by atoms with Crippen LogP contribution in [-0.4, -0.2) is 19.6 Å². The van der Waals surface area contributed by atoms with Gasteiger partial charge in [-0.1, -0.05) is 17.7 Å². The maximum atomic E-state index is 6.12. The molecular formula is C11H7ClN4. The molecule has 3 aromatic heterocycles. The number of halogens is 1. The Labute approximate surface area is 96.5 Å². The van der Waals surface area contributed by atoms with Gasteiger partial charge in [0, 0.05) is 18.0 Å². The molecule has 0 aliphatic rings. The molecular weight excluding hydrogens is 224 g/mol. The van der Waals surface area contributed by atoms with Crippen LogP contribution in [0.25, 0.3) is 17.0 Å². The van der Waals surface area contributed by atoms with E-state index >= 15 is 0 Å². The Morgan fingerprint density at radius 3 is 2.81 bits per heavy atom. The quantitative estimate of drug-likeness (QED) is 0.603. The van der Waals surface area contributed by atoms with E-state index in [9.17, 15) is 0 Å². The van der Waals surface area contributed by atoms with Crippen LogP contribution in [0.2, 0.25) is 5.15 Å². The molecule has 0 fully saturated rings. The first kappa shape index (κ1) is 9.30. The van der Waals surface area contributed by atoms with Gasteiger partial charge in [0.2, 0.25) is 0 Å². The van der Waals surface area contributed by atoms with Crippen LogP contribution in [0.3, 0.4) is 0 Å². The normalized spacial score (nSPS) is 10.8. The predicted molar refractivity (Wildman–Crippen MR) is 61.2 cm³/mol. The Bertz CT molecular complexity index is 633. The summed E-state index contributed by atoms with van der Waals surface area (Å²) in [6.45, 7) is 0. The highest BCUT2D eigenvalue weighted by Gasteiger charge is 2.09. The van der Waals surface area contributed by atoms with E-state index in [1.165, 1.54) is 0 Å². The Morgan fingerprint density at radius 2 is 2.00 bits per heavy atom. The van der Waals surface area contributed by atoms with Crippen LogP contribution in [-0.2, 0) is 0 Å². The molecule has 78 valence electrons. The van der Waals surface area contributed by atoms with Gasteiger partial charge in [0.05, 0.1) is 0 Å². The monoisotopic (exact) mass is 230 g/mol. The van der Waals surface area contributed by atoms with Gasteiger partial charge in [0.15, 0.2) is 11.5 Å². The van der Waals surface area contributed by atoms with Gasteiger partial charge < -0.3 is 0 Å². The first-order valence-electron chi connectivity index (χ1n) is 4.76. The van der Waals surface area contributed by atoms with Crippen LogP contribution in [0.4, 0.5) is 0 Å². The lowest BCUT2D eigenvalue weighted by Crippen LogP contribution is -1.91. The number of aromatic nitrogens is 4. The highest BCUT2D eigenvalue weighted by Crippen LogP contribution is 2.21. The van der Waals surface area contributed by atoms with Crippen molar-refractivity contribution in [2.24, 2.45) is 0 Å². The molecule has 0 radical (unpaired) electrons. The highest BCUT2D eigenvalue weighted by atomic mass is 35.5. The van der Waals surface area contributed by atoms with Gasteiger partial charge >= 0.3 is 0 Å². The first-order chi connectivity index (χ1) is 7.86. The molecule has 16 heavy (non-hydrogen) atoms. The largest absolute Gasteiger partial charge is 0.265 e. The zero-order chi connectivity index (χ0) is 11.0. The lowest BCUT2D eigenvalue weighted by Gasteiger charge is -2.00. The number of rotatable bonds is 1. The molecule has 0 amide bonds. The topological polar surface area (TPSA) is 43.1 Å². The van der Waals surface area contributed by atoms with Crippen molar-refractivity contribution in [3.63, 3.8) is 0 Å². The maximum Gasteiger partial charge on any atom is 0.171 e. The number of pyridine rings is 2. The number of nitrogens with zero attached hydrogens (tertiary/aromatic N) is 4. The molecule has 0 bridgehead atoms. The molecule has 4 nitrogen and oxygen atoms in total. The molecule has 0 saturated carbocycles. The second-order valence-electron chi connectivity index (χ2n) is 3.31. The summed E-state index contributed by atoms with van der Waals surface area (Å²) < 4.78 is 1.79. The minimum atomic E-state index is 0.585. The molecule has 5 heteroatoms. The molecule has 0 atom stereocenters. The summed E-state index contributed by atoms with van der Waals surface area (Å²) in [6, 6.07) is 9.29. The van der Waals surface area contributed by atoms with Crippen LogP contribution in [0.1, 0.15) is 0 Å². The first-order valence-corrected chi connectivity index (χ1v) is 5.14. The predicted octanol–water partition coefficient (Wildman–Crippen LogP) is 2.44. The molecule has 0 spiro atoms. The second kappa shape index (κ2) is 3.57. The van der Waals surface area contributed by atoms with E-state index in [1.807, 2.05) is 24.3 Å². The fourth-order valence-electron chi connectivity index (χ4n) is 1.58. The Balaban J connectivity index is 2.33. The molecule has 0 N–H and O–H groups in total. The lowest BCUT2D eigenvalue weighted by molar-refractivity contribution is 1.11. The fourth-order valence-corrected chi connectivity index (χ4v) is 1.82. The van der Waals surface area contributed by atoms with Gasteiger partial charge in [0.1, 0.15) is 5.15 Å². The second-order valence-corrected chi connectivity index (χ2v) is 3.69. The molecule has 3 rings (SSSR count). The van der Waals surface area contributed by atoms with Crippen molar-refractivity contribution in [3.8, 4) is 11.4 Å². The molecule has 0 aliphatic carbocycles. The third-order valence-corrected chi connectivity index (χ3v) is 2.60. The third kappa shape index (κ3) is 1.35. The zero-order valence-electron chi connectivity index (χ0n) is 8.21. The molecule has 3 heterocycles. The number of fused-ring (bicyclic) bond motifs is 1. The molecule has 0 aliphatic heterocycles. The van der Waals surface area contributed by atoms with E-state index in [0.717, 1.165) is 11.2 Å². The summed E-state index contributed by atoms with van der Waals surface area (Å²) in [5.41, 5.74) is 1.62. The molecule has 0 saturated heterocycles. The number of hydrogen-bond donors (Lipinski definition) is 0. The van der Waals surface area contributed by atoms with Crippen molar-refractivity contribution >= 4 is 17.2 Å². The van der Waals surface area contributed by atoms with Crippen molar-refractivity contribution in [2.75, 3.05) is 0 Å². The SMILES string of the molecule is Clc1cccc2nnc(-c3cccnc3)n12. The zero-order valence-corrected chi connectivity index (χ0v) is 8.96. The summed E-state index contributed by atoms with van der Waals surface area (Å²) in [7, 11) is 0. The summed E-state index contributed by atoms with van der Waals surface area (Å²) in [4.78, 5) is 4.05. The average Bonchev–Trinajstić information content (AvgIpc) is 2.75. The van der Waals surface area contributed by atoms with Crippen molar-refractivity contribution < 1.29 is 0 Å². The summed E-state index contributed by atoms with van der Waals surface area (Å²) in [5, 5.41) is 8.76. The molecule has 3 aromatic rings. The van der Waals surface area contributed by atoms with Crippen molar-refractivity contribution in [1.29, 1.82) is 0 Å². The van der Waals surface area contributed by atoms with E-state index in [0.29, 0.717) is 11.0 Å². The highest BCUT2D eigenvalue weighted by molar-refractivity contribution is 6.29. The minimum absolute atomic E-state index is 0.585. The number of hydrogen-bond acceptors (Lipinski definition) is 3. The van der Waals surface area contributed by atoms with Crippen LogP contribution in [0.5, 0.6) is 0 Å². The minimum Gasteiger partial charge on any atom is -0.265 e. The summed E-state index contributed by atoms with van der Waals surface area (Å²) in [6.07, 6.45) is 3.45. The summed E-state index contributed by atoms with van der Waals surface area (Å²) in [5.74, 6) is 0.703. The van der Waals surface area contributed by atoms with E-state index in [-0.39, 0.29) is 0 Å². The van der Waals surface area contributed by atoms with Gasteiger partial charge in [-0.05, 0) is 24.3 Å². The van der Waals surface area contributed by atoms with Crippen LogP contribution < -0.4 is 0 Å². The van der Waals surface area contributed by atoms with Crippen molar-refractivity contribution in [1.82, 2.24) is 19.6 Å². The Morgan fingerprint density at radius 1 is 1.06 bits per heavy atom. The van der Waals surface area contributed by atoms with Crippen LogP contribution in [0, 0.1) is 0 Å². The Kier molecular flexibility index (Phi) is 2.08. The van der Waals surface area contributed by atoms with Gasteiger partial charge in [-0.25, -0.2) is 0 Å². The fraction of sp³-hybridized carbons (Fsp3) is 0.